The molecule has 0 saturated heterocycles. The molecule has 2 saturated carbocycles. The minimum Gasteiger partial charge on any atom is -0.431 e. The second-order valence-electron chi connectivity index (χ2n) is 10.3. The van der Waals surface area contributed by atoms with Crippen molar-refractivity contribution in [2.75, 3.05) is 17.8 Å². The number of sulfone groups is 2. The molecule has 1 amide bonds. The third kappa shape index (κ3) is 7.74. The summed E-state index contributed by atoms with van der Waals surface area (Å²) in [5.41, 5.74) is -1.40. The molecule has 0 aliphatic heterocycles. The molecule has 0 bridgehead atoms. The zero-order valence-electron chi connectivity index (χ0n) is 21.4. The van der Waals surface area contributed by atoms with Crippen LogP contribution in [0, 0.1) is 23.1 Å². The Morgan fingerprint density at radius 3 is 2.20 bits per heavy atom. The van der Waals surface area contributed by atoms with Gasteiger partial charge < -0.3 is 10.1 Å². The number of benzene rings is 2. The summed E-state index contributed by atoms with van der Waals surface area (Å²) in [6.07, 6.45) is -1.10. The summed E-state index contributed by atoms with van der Waals surface area (Å²) >= 11 is 0. The van der Waals surface area contributed by atoms with E-state index in [1.54, 1.807) is 0 Å². The number of hydrogen-bond acceptors (Lipinski definition) is 8. The maximum Gasteiger partial charge on any atom is 0.417 e. The molecule has 14 heteroatoms. The number of ether oxygens (including phenoxy) is 1. The predicted molar refractivity (Wildman–Crippen MR) is 138 cm³/mol. The predicted octanol–water partition coefficient (Wildman–Crippen LogP) is 2.90. The molecule has 0 spiro atoms. The normalized spacial score (nSPS) is 18.3. The molecule has 2 aromatic rings. The molecule has 4 rings (SSSR count). The van der Waals surface area contributed by atoms with E-state index in [-0.39, 0.29) is 22.1 Å². The fourth-order valence-corrected chi connectivity index (χ4v) is 6.67. The second-order valence-corrected chi connectivity index (χ2v) is 14.5. The third-order valence-electron chi connectivity index (χ3n) is 6.66. The Balaban J connectivity index is 1.65. The van der Waals surface area contributed by atoms with Crippen molar-refractivity contribution in [3.05, 3.63) is 59.9 Å². The average Bonchev–Trinajstić information content (AvgIpc) is 3.80. The van der Waals surface area contributed by atoms with Crippen LogP contribution < -0.4 is 15.4 Å². The van der Waals surface area contributed by atoms with Crippen molar-refractivity contribution < 1.29 is 39.5 Å². The minimum absolute atomic E-state index is 0.0600. The minimum atomic E-state index is -4.14. The first kappa shape index (κ1) is 29.8. The van der Waals surface area contributed by atoms with Crippen LogP contribution in [0.4, 0.5) is 13.2 Å². The van der Waals surface area contributed by atoms with Crippen molar-refractivity contribution in [2.24, 2.45) is 5.92 Å². The van der Waals surface area contributed by atoms with Crippen LogP contribution in [0.5, 0.6) is 5.75 Å². The molecule has 0 aromatic heterocycles. The summed E-state index contributed by atoms with van der Waals surface area (Å²) in [5, 5.41) is 14.3. The first-order chi connectivity index (χ1) is 18.6. The number of nitrogens with one attached hydrogen (secondary N) is 2. The van der Waals surface area contributed by atoms with Crippen LogP contribution in [0.25, 0.3) is 0 Å². The molecule has 2 N–H and O–H groups in total. The van der Waals surface area contributed by atoms with E-state index < -0.39 is 66.6 Å². The van der Waals surface area contributed by atoms with E-state index in [2.05, 4.69) is 10.6 Å². The van der Waals surface area contributed by atoms with Crippen molar-refractivity contribution in [3.63, 3.8) is 0 Å². The molecular formula is C26H28F3N3O6S2. The molecule has 216 valence electrons. The van der Waals surface area contributed by atoms with E-state index in [1.165, 1.54) is 0 Å². The van der Waals surface area contributed by atoms with Crippen LogP contribution in [-0.2, 0) is 24.5 Å². The van der Waals surface area contributed by atoms with Gasteiger partial charge in [-0.25, -0.2) is 21.2 Å². The SMILES string of the molecule is CS(=O)(=O)c1ccc(OC(F)(F)[C@H](NC(CS(=O)(=O)CC2CC2)C(=O)NC2(C#N)CC2)c2ccc(F)cc2)cc1. The number of nitriles is 1. The summed E-state index contributed by atoms with van der Waals surface area (Å²) in [6.45, 7) is 0. The molecule has 40 heavy (non-hydrogen) atoms. The molecule has 2 atom stereocenters. The van der Waals surface area contributed by atoms with Gasteiger partial charge in [-0.3, -0.25) is 10.1 Å². The highest BCUT2D eigenvalue weighted by molar-refractivity contribution is 7.91. The standard InChI is InChI=1S/C26H28F3N3O6S2/c1-39(34,35)21-10-8-20(9-11-21)38-26(28,29)23(18-4-6-19(27)7-5-18)31-22(15-40(36,37)14-17-2-3-17)24(33)32-25(16-30)12-13-25/h4-11,17,22-23,31H,2-3,12-15H2,1H3,(H,32,33)/t22?,23-/m1/s1. The lowest BCUT2D eigenvalue weighted by molar-refractivity contribution is -0.202. The molecule has 1 unspecified atom stereocenters. The maximum atomic E-state index is 15.8. The van der Waals surface area contributed by atoms with E-state index in [0.29, 0.717) is 25.7 Å². The second kappa shape index (κ2) is 11.0. The summed E-state index contributed by atoms with van der Waals surface area (Å²) < 4.78 is 99.2. The molecule has 9 nitrogen and oxygen atoms in total. The van der Waals surface area contributed by atoms with Gasteiger partial charge in [0.1, 0.15) is 29.2 Å². The Kier molecular flexibility index (Phi) is 8.22. The van der Waals surface area contributed by atoms with E-state index >= 15 is 8.78 Å². The van der Waals surface area contributed by atoms with Gasteiger partial charge in [0.2, 0.25) is 5.91 Å². The number of carbonyl (C=O) groups is 1. The summed E-state index contributed by atoms with van der Waals surface area (Å²) in [7, 11) is -7.47. The van der Waals surface area contributed by atoms with Gasteiger partial charge in [0.25, 0.3) is 0 Å². The monoisotopic (exact) mass is 599 g/mol. The number of halogens is 3. The number of carbonyl (C=O) groups excluding carboxylic acids is 1. The Morgan fingerprint density at radius 2 is 1.70 bits per heavy atom. The first-order valence-corrected chi connectivity index (χ1v) is 16.1. The largest absolute Gasteiger partial charge is 0.431 e. The van der Waals surface area contributed by atoms with Gasteiger partial charge in [-0.1, -0.05) is 12.1 Å². The Labute approximate surface area is 230 Å². The number of nitrogens with zero attached hydrogens (tertiary/aromatic N) is 1. The fraction of sp³-hybridized carbons (Fsp3) is 0.462. The molecule has 0 radical (unpaired) electrons. The smallest absolute Gasteiger partial charge is 0.417 e. The number of hydrogen-bond donors (Lipinski definition) is 2. The van der Waals surface area contributed by atoms with E-state index in [1.807, 2.05) is 6.07 Å². The van der Waals surface area contributed by atoms with Gasteiger partial charge in [-0.2, -0.15) is 14.0 Å². The molecule has 0 heterocycles. The average molecular weight is 600 g/mol. The molecule has 2 aromatic carbocycles. The summed E-state index contributed by atoms with van der Waals surface area (Å²) in [5.74, 6) is -3.14. The van der Waals surface area contributed by atoms with Crippen LogP contribution in [0.2, 0.25) is 0 Å². The fourth-order valence-electron chi connectivity index (χ4n) is 4.09. The highest BCUT2D eigenvalue weighted by Crippen LogP contribution is 2.37. The zero-order chi connectivity index (χ0) is 29.3. The van der Waals surface area contributed by atoms with E-state index in [9.17, 15) is 31.3 Å². The van der Waals surface area contributed by atoms with Gasteiger partial charge >= 0.3 is 6.11 Å². The lowest BCUT2D eigenvalue weighted by Crippen LogP contribution is -2.56. The highest BCUT2D eigenvalue weighted by atomic mass is 32.2. The quantitative estimate of drug-likeness (QED) is 0.358. The van der Waals surface area contributed by atoms with Crippen LogP contribution in [0.3, 0.4) is 0 Å². The highest BCUT2D eigenvalue weighted by Gasteiger charge is 2.49. The number of rotatable bonds is 13. The molecular weight excluding hydrogens is 571 g/mol. The lowest BCUT2D eigenvalue weighted by Gasteiger charge is -2.31. The van der Waals surface area contributed by atoms with E-state index in [0.717, 1.165) is 54.8 Å². The Hall–Kier alpha value is -3.15. The number of amides is 1. The molecule has 2 fully saturated rings. The molecule has 2 aliphatic carbocycles. The molecule has 2 aliphatic rings. The lowest BCUT2D eigenvalue weighted by atomic mass is 10.0. The maximum absolute atomic E-state index is 15.8. The van der Waals surface area contributed by atoms with Crippen molar-refractivity contribution in [2.45, 2.75) is 54.3 Å². The van der Waals surface area contributed by atoms with Crippen LogP contribution in [0.15, 0.2) is 53.4 Å². The van der Waals surface area contributed by atoms with Gasteiger partial charge in [-0.05, 0) is 73.6 Å². The van der Waals surface area contributed by atoms with Gasteiger partial charge in [0.05, 0.1) is 22.5 Å². The number of alkyl halides is 2. The Morgan fingerprint density at radius 1 is 1.10 bits per heavy atom. The summed E-state index contributed by atoms with van der Waals surface area (Å²) in [6, 6.07) is 6.26. The van der Waals surface area contributed by atoms with Crippen molar-refractivity contribution in [1.82, 2.24) is 10.6 Å². The third-order valence-corrected chi connectivity index (χ3v) is 9.61. The topological polar surface area (TPSA) is 142 Å². The first-order valence-electron chi connectivity index (χ1n) is 12.4. The van der Waals surface area contributed by atoms with E-state index in [4.69, 9.17) is 4.74 Å². The van der Waals surface area contributed by atoms with Crippen LogP contribution >= 0.6 is 0 Å². The van der Waals surface area contributed by atoms with Gasteiger partial charge in [-0.15, -0.1) is 0 Å². The van der Waals surface area contributed by atoms with Gasteiger partial charge in [0.15, 0.2) is 19.7 Å². The van der Waals surface area contributed by atoms with Crippen LogP contribution in [-0.4, -0.2) is 58.2 Å². The van der Waals surface area contributed by atoms with Crippen molar-refractivity contribution in [1.29, 1.82) is 5.26 Å². The zero-order valence-corrected chi connectivity index (χ0v) is 23.1. The van der Waals surface area contributed by atoms with Crippen molar-refractivity contribution in [3.8, 4) is 11.8 Å². The Bertz CT molecular complexity index is 1500. The van der Waals surface area contributed by atoms with Gasteiger partial charge in [0, 0.05) is 6.26 Å². The summed E-state index contributed by atoms with van der Waals surface area (Å²) in [4.78, 5) is 13.1. The van der Waals surface area contributed by atoms with Crippen molar-refractivity contribution >= 4 is 25.6 Å². The van der Waals surface area contributed by atoms with Crippen LogP contribution in [0.1, 0.15) is 37.3 Å².